The molecule has 0 N–H and O–H groups in total. The van der Waals surface area contributed by atoms with Gasteiger partial charge in [-0.25, -0.2) is 0 Å². The predicted octanol–water partition coefficient (Wildman–Crippen LogP) is 4.10. The van der Waals surface area contributed by atoms with E-state index in [9.17, 15) is 0 Å². The molecular weight excluding hydrogens is 217 g/mol. The Labute approximate surface area is 92.7 Å². The van der Waals surface area contributed by atoms with Gasteiger partial charge in [0.05, 0.1) is 15.6 Å². The first-order valence-electron chi connectivity index (χ1n) is 4.45. The molecule has 0 fully saturated rings. The molecule has 0 aliphatic carbocycles. The second-order valence-electron chi connectivity index (χ2n) is 3.09. The van der Waals surface area contributed by atoms with E-state index in [1.165, 1.54) is 5.56 Å². The molecule has 0 unspecified atom stereocenters. The number of aromatic nitrogens is 1. The molecule has 14 heavy (non-hydrogen) atoms. The Morgan fingerprint density at radius 2 is 2.07 bits per heavy atom. The van der Waals surface area contributed by atoms with E-state index in [1.807, 2.05) is 12.1 Å². The van der Waals surface area contributed by atoms with Crippen LogP contribution in [-0.2, 0) is 6.42 Å². The number of aryl methyl sites for hydroxylation is 1. The molecule has 0 saturated carbocycles. The number of nitrogens with zero attached hydrogens (tertiary/aromatic N) is 1. The standard InChI is InChI=1S/C11H9Cl2N/c1-2-7-4-3-5-8-10(13)9(12)6-14-11(7)8/h3-6H,2H2,1H3. The van der Waals surface area contributed by atoms with Gasteiger partial charge < -0.3 is 0 Å². The van der Waals surface area contributed by atoms with Crippen LogP contribution in [0.4, 0.5) is 0 Å². The summed E-state index contributed by atoms with van der Waals surface area (Å²) in [7, 11) is 0. The summed E-state index contributed by atoms with van der Waals surface area (Å²) in [6, 6.07) is 5.97. The number of halogens is 2. The van der Waals surface area contributed by atoms with Crippen molar-refractivity contribution in [2.45, 2.75) is 13.3 Å². The fourth-order valence-corrected chi connectivity index (χ4v) is 1.86. The predicted molar refractivity (Wildman–Crippen MR) is 61.1 cm³/mol. The van der Waals surface area contributed by atoms with E-state index in [4.69, 9.17) is 23.2 Å². The molecule has 1 aromatic heterocycles. The van der Waals surface area contributed by atoms with Crippen LogP contribution in [0.1, 0.15) is 12.5 Å². The van der Waals surface area contributed by atoms with Gasteiger partial charge in [0.1, 0.15) is 0 Å². The first-order chi connectivity index (χ1) is 6.74. The Bertz CT molecular complexity index is 480. The smallest absolute Gasteiger partial charge is 0.0782 e. The molecule has 0 bridgehead atoms. The van der Waals surface area contributed by atoms with Crippen LogP contribution < -0.4 is 0 Å². The van der Waals surface area contributed by atoms with Crippen LogP contribution >= 0.6 is 23.2 Å². The molecule has 0 spiro atoms. The molecule has 0 aliphatic heterocycles. The number of fused-ring (bicyclic) bond motifs is 1. The number of benzene rings is 1. The van der Waals surface area contributed by atoms with Gasteiger partial charge in [-0.2, -0.15) is 0 Å². The van der Waals surface area contributed by atoms with E-state index in [1.54, 1.807) is 6.20 Å². The van der Waals surface area contributed by atoms with Crippen molar-refractivity contribution >= 4 is 34.1 Å². The number of hydrogen-bond donors (Lipinski definition) is 0. The van der Waals surface area contributed by atoms with Crippen LogP contribution in [0.3, 0.4) is 0 Å². The molecule has 2 rings (SSSR count). The Balaban J connectivity index is 2.86. The van der Waals surface area contributed by atoms with Gasteiger partial charge in [-0.05, 0) is 12.0 Å². The summed E-state index contributed by atoms with van der Waals surface area (Å²) >= 11 is 12.0. The van der Waals surface area contributed by atoms with Gasteiger partial charge in [0.2, 0.25) is 0 Å². The van der Waals surface area contributed by atoms with Gasteiger partial charge in [-0.1, -0.05) is 48.3 Å². The molecular formula is C11H9Cl2N. The summed E-state index contributed by atoms with van der Waals surface area (Å²) in [6.07, 6.45) is 2.55. The van der Waals surface area contributed by atoms with Gasteiger partial charge in [0.15, 0.2) is 0 Å². The second-order valence-corrected chi connectivity index (χ2v) is 3.87. The summed E-state index contributed by atoms with van der Waals surface area (Å²) < 4.78 is 0. The lowest BCUT2D eigenvalue weighted by molar-refractivity contribution is 1.14. The lowest BCUT2D eigenvalue weighted by atomic mass is 10.1. The molecule has 2 aromatic rings. The quantitative estimate of drug-likeness (QED) is 0.713. The van der Waals surface area contributed by atoms with Crippen molar-refractivity contribution in [3.05, 3.63) is 40.0 Å². The SMILES string of the molecule is CCc1cccc2c(Cl)c(Cl)cnc12. The average molecular weight is 226 g/mol. The zero-order chi connectivity index (χ0) is 10.1. The average Bonchev–Trinajstić information content (AvgIpc) is 2.23. The van der Waals surface area contributed by atoms with Gasteiger partial charge in [-0.3, -0.25) is 4.98 Å². The molecule has 3 heteroatoms. The largest absolute Gasteiger partial charge is 0.254 e. The van der Waals surface area contributed by atoms with E-state index in [-0.39, 0.29) is 0 Å². The zero-order valence-corrected chi connectivity index (χ0v) is 9.23. The van der Waals surface area contributed by atoms with Crippen LogP contribution in [0, 0.1) is 0 Å². The highest BCUT2D eigenvalue weighted by molar-refractivity contribution is 6.45. The maximum absolute atomic E-state index is 6.08. The van der Waals surface area contributed by atoms with Crippen LogP contribution in [0.5, 0.6) is 0 Å². The van der Waals surface area contributed by atoms with Crippen molar-refractivity contribution in [3.8, 4) is 0 Å². The number of pyridine rings is 1. The van der Waals surface area contributed by atoms with Gasteiger partial charge in [0.25, 0.3) is 0 Å². The minimum absolute atomic E-state index is 0.507. The second kappa shape index (κ2) is 3.76. The molecule has 0 amide bonds. The summed E-state index contributed by atoms with van der Waals surface area (Å²) in [5.74, 6) is 0. The van der Waals surface area contributed by atoms with Crippen molar-refractivity contribution in [1.29, 1.82) is 0 Å². The highest BCUT2D eigenvalue weighted by atomic mass is 35.5. The Hall–Kier alpha value is -0.790. The third-order valence-corrected chi connectivity index (χ3v) is 3.04. The normalized spacial score (nSPS) is 10.8. The monoisotopic (exact) mass is 225 g/mol. The summed E-state index contributed by atoms with van der Waals surface area (Å²) in [5.41, 5.74) is 2.14. The van der Waals surface area contributed by atoms with Crippen LogP contribution in [0.25, 0.3) is 10.9 Å². The fraction of sp³-hybridized carbons (Fsp3) is 0.182. The molecule has 0 aliphatic rings. The Kier molecular flexibility index (Phi) is 2.62. The number of para-hydroxylation sites is 1. The molecule has 72 valence electrons. The lowest BCUT2D eigenvalue weighted by Gasteiger charge is -2.05. The molecule has 0 atom stereocenters. The maximum Gasteiger partial charge on any atom is 0.0782 e. The van der Waals surface area contributed by atoms with Crippen LogP contribution in [0.2, 0.25) is 10.0 Å². The number of hydrogen-bond acceptors (Lipinski definition) is 1. The highest BCUT2D eigenvalue weighted by Gasteiger charge is 2.06. The highest BCUT2D eigenvalue weighted by Crippen LogP contribution is 2.30. The number of rotatable bonds is 1. The molecule has 0 saturated heterocycles. The third-order valence-electron chi connectivity index (χ3n) is 2.25. The first kappa shape index (κ1) is 9.75. The summed E-state index contributed by atoms with van der Waals surface area (Å²) in [5, 5.41) is 2.03. The minimum atomic E-state index is 0.507. The molecule has 1 aromatic carbocycles. The van der Waals surface area contributed by atoms with E-state index < -0.39 is 0 Å². The molecule has 0 radical (unpaired) electrons. The fourth-order valence-electron chi connectivity index (χ4n) is 1.51. The Morgan fingerprint density at radius 3 is 2.79 bits per heavy atom. The van der Waals surface area contributed by atoms with Crippen molar-refractivity contribution in [3.63, 3.8) is 0 Å². The van der Waals surface area contributed by atoms with Crippen LogP contribution in [-0.4, -0.2) is 4.98 Å². The summed E-state index contributed by atoms with van der Waals surface area (Å²) in [4.78, 5) is 4.30. The van der Waals surface area contributed by atoms with Crippen LogP contribution in [0.15, 0.2) is 24.4 Å². The summed E-state index contributed by atoms with van der Waals surface area (Å²) in [6.45, 7) is 2.10. The van der Waals surface area contributed by atoms with E-state index in [2.05, 4.69) is 18.0 Å². The van der Waals surface area contributed by atoms with Crippen molar-refractivity contribution in [2.24, 2.45) is 0 Å². The molecule has 1 heterocycles. The topological polar surface area (TPSA) is 12.9 Å². The van der Waals surface area contributed by atoms with Gasteiger partial charge in [0, 0.05) is 11.6 Å². The van der Waals surface area contributed by atoms with Gasteiger partial charge >= 0.3 is 0 Å². The molecule has 1 nitrogen and oxygen atoms in total. The zero-order valence-electron chi connectivity index (χ0n) is 7.72. The first-order valence-corrected chi connectivity index (χ1v) is 5.21. The Morgan fingerprint density at radius 1 is 1.29 bits per heavy atom. The van der Waals surface area contributed by atoms with E-state index in [0.29, 0.717) is 10.0 Å². The van der Waals surface area contributed by atoms with Crippen molar-refractivity contribution in [1.82, 2.24) is 4.98 Å². The minimum Gasteiger partial charge on any atom is -0.254 e. The maximum atomic E-state index is 6.08. The van der Waals surface area contributed by atoms with E-state index in [0.717, 1.165) is 17.3 Å². The van der Waals surface area contributed by atoms with Crippen molar-refractivity contribution < 1.29 is 0 Å². The lowest BCUT2D eigenvalue weighted by Crippen LogP contribution is -1.87. The van der Waals surface area contributed by atoms with E-state index >= 15 is 0 Å². The third kappa shape index (κ3) is 1.47. The van der Waals surface area contributed by atoms with Crippen molar-refractivity contribution in [2.75, 3.05) is 0 Å². The van der Waals surface area contributed by atoms with Gasteiger partial charge in [-0.15, -0.1) is 0 Å².